The molecule has 1 unspecified atom stereocenters. The van der Waals surface area contributed by atoms with Gasteiger partial charge in [-0.1, -0.05) is 37.0 Å². The van der Waals surface area contributed by atoms with Crippen LogP contribution in [0.3, 0.4) is 0 Å². The predicted molar refractivity (Wildman–Crippen MR) is 128 cm³/mol. The lowest BCUT2D eigenvalue weighted by Crippen LogP contribution is -2.34. The number of aromatic nitrogens is 3. The molecule has 1 fully saturated rings. The van der Waals surface area contributed by atoms with E-state index in [0.717, 1.165) is 53.4 Å². The molecular weight excluding hydrogens is 430 g/mol. The third-order valence-electron chi connectivity index (χ3n) is 7.81. The number of aryl methyl sites for hydroxylation is 1. The van der Waals surface area contributed by atoms with Gasteiger partial charge in [0, 0.05) is 29.1 Å². The average molecular weight is 458 g/mol. The summed E-state index contributed by atoms with van der Waals surface area (Å²) in [5.74, 6) is 1.51. The van der Waals surface area contributed by atoms with Crippen LogP contribution in [-0.2, 0) is 6.42 Å². The Morgan fingerprint density at radius 3 is 2.68 bits per heavy atom. The SMILES string of the molecule is Cc1ccc2[nH]c3c(c2c1)Cc1c(O)n(C2CCCCC2)c(=O)n1C3c1ccc2c(c1)OCO2. The zero-order valence-electron chi connectivity index (χ0n) is 19.1. The molecule has 7 nitrogen and oxygen atoms in total. The number of rotatable bonds is 2. The Morgan fingerprint density at radius 2 is 1.82 bits per heavy atom. The van der Waals surface area contributed by atoms with Gasteiger partial charge in [0.1, 0.15) is 6.04 Å². The van der Waals surface area contributed by atoms with Crippen molar-refractivity contribution in [1.82, 2.24) is 14.1 Å². The van der Waals surface area contributed by atoms with Crippen LogP contribution in [0.5, 0.6) is 17.4 Å². The predicted octanol–water partition coefficient (Wildman–Crippen LogP) is 4.92. The van der Waals surface area contributed by atoms with Crippen molar-refractivity contribution < 1.29 is 14.6 Å². The molecule has 1 saturated carbocycles. The van der Waals surface area contributed by atoms with Crippen LogP contribution in [0.2, 0.25) is 0 Å². The van der Waals surface area contributed by atoms with Crippen molar-refractivity contribution in [1.29, 1.82) is 0 Å². The molecule has 2 N–H and O–H groups in total. The highest BCUT2D eigenvalue weighted by atomic mass is 16.7. The summed E-state index contributed by atoms with van der Waals surface area (Å²) in [7, 11) is 0. The van der Waals surface area contributed by atoms with Gasteiger partial charge in [-0.05, 0) is 55.2 Å². The zero-order valence-corrected chi connectivity index (χ0v) is 19.1. The number of benzene rings is 2. The number of imidazole rings is 1. The minimum atomic E-state index is -0.385. The first-order chi connectivity index (χ1) is 16.6. The van der Waals surface area contributed by atoms with E-state index < -0.39 is 0 Å². The molecule has 1 atom stereocenters. The van der Waals surface area contributed by atoms with Gasteiger partial charge in [0.15, 0.2) is 11.5 Å². The quantitative estimate of drug-likeness (QED) is 0.394. The second-order valence-electron chi connectivity index (χ2n) is 9.84. The lowest BCUT2D eigenvalue weighted by Gasteiger charge is -2.26. The van der Waals surface area contributed by atoms with Gasteiger partial charge in [0.05, 0.1) is 5.69 Å². The van der Waals surface area contributed by atoms with Crippen molar-refractivity contribution >= 4 is 10.9 Å². The molecule has 0 saturated heterocycles. The number of H-pyrrole nitrogens is 1. The lowest BCUT2D eigenvalue weighted by atomic mass is 9.92. The van der Waals surface area contributed by atoms with Crippen molar-refractivity contribution in [3.05, 3.63) is 75.0 Å². The van der Waals surface area contributed by atoms with Gasteiger partial charge < -0.3 is 19.6 Å². The molecular formula is C27H27N3O4. The van der Waals surface area contributed by atoms with Gasteiger partial charge in [0.2, 0.25) is 12.7 Å². The highest BCUT2D eigenvalue weighted by molar-refractivity contribution is 5.86. The average Bonchev–Trinajstić information content (AvgIpc) is 3.53. The molecule has 0 spiro atoms. The molecule has 0 amide bonds. The Balaban J connectivity index is 1.49. The van der Waals surface area contributed by atoms with Crippen molar-refractivity contribution in [2.75, 3.05) is 6.79 Å². The third kappa shape index (κ3) is 2.73. The fraction of sp³-hybridized carbons (Fsp3) is 0.370. The number of aromatic hydroxyl groups is 1. The molecule has 1 aliphatic carbocycles. The lowest BCUT2D eigenvalue weighted by molar-refractivity contribution is 0.174. The monoisotopic (exact) mass is 457 g/mol. The van der Waals surface area contributed by atoms with Crippen molar-refractivity contribution in [3.63, 3.8) is 0 Å². The van der Waals surface area contributed by atoms with Crippen LogP contribution in [0.4, 0.5) is 0 Å². The zero-order chi connectivity index (χ0) is 23.0. The number of ether oxygens (including phenoxy) is 2. The fourth-order valence-corrected chi connectivity index (χ4v) is 6.17. The maximum absolute atomic E-state index is 13.9. The molecule has 174 valence electrons. The minimum absolute atomic E-state index is 0.0501. The first kappa shape index (κ1) is 19.8. The van der Waals surface area contributed by atoms with Gasteiger partial charge in [-0.2, -0.15) is 0 Å². The van der Waals surface area contributed by atoms with Crippen LogP contribution in [0.1, 0.15) is 72.3 Å². The van der Waals surface area contributed by atoms with Crippen molar-refractivity contribution in [3.8, 4) is 17.4 Å². The van der Waals surface area contributed by atoms with Gasteiger partial charge in [-0.25, -0.2) is 4.79 Å². The standard InChI is InChI=1S/C27H27N3O4/c1-15-7-9-20-18(11-15)19-13-21-26(31)29(17-5-3-2-4-6-17)27(32)30(21)25(24(19)28-20)16-8-10-22-23(12-16)34-14-33-22/h7-12,17,25,28,31H,2-6,13-14H2,1H3. The van der Waals surface area contributed by atoms with Crippen LogP contribution < -0.4 is 15.2 Å². The van der Waals surface area contributed by atoms with E-state index in [9.17, 15) is 9.90 Å². The Kier molecular flexibility index (Phi) is 4.19. The maximum Gasteiger partial charge on any atom is 0.332 e. The smallest absolute Gasteiger partial charge is 0.332 e. The molecule has 4 aromatic rings. The number of hydrogen-bond donors (Lipinski definition) is 2. The Morgan fingerprint density at radius 1 is 1.00 bits per heavy atom. The Bertz CT molecular complexity index is 1500. The van der Waals surface area contributed by atoms with Gasteiger partial charge in [0.25, 0.3) is 0 Å². The van der Waals surface area contributed by atoms with E-state index in [1.807, 2.05) is 18.2 Å². The summed E-state index contributed by atoms with van der Waals surface area (Å²) in [6, 6.07) is 11.9. The summed E-state index contributed by atoms with van der Waals surface area (Å²) >= 11 is 0. The Hall–Kier alpha value is -3.61. The largest absolute Gasteiger partial charge is 0.493 e. The van der Waals surface area contributed by atoms with E-state index in [-0.39, 0.29) is 30.4 Å². The molecule has 2 aromatic carbocycles. The third-order valence-corrected chi connectivity index (χ3v) is 7.81. The summed E-state index contributed by atoms with van der Waals surface area (Å²) in [6.07, 6.45) is 5.74. The summed E-state index contributed by atoms with van der Waals surface area (Å²) in [6.45, 7) is 2.29. The number of nitrogens with zero attached hydrogens (tertiary/aromatic N) is 2. The second-order valence-corrected chi connectivity index (χ2v) is 9.84. The van der Waals surface area contributed by atoms with Gasteiger partial charge in [-0.3, -0.25) is 9.13 Å². The molecule has 2 aliphatic heterocycles. The maximum atomic E-state index is 13.9. The van der Waals surface area contributed by atoms with Crippen LogP contribution in [0, 0.1) is 6.92 Å². The molecule has 2 aromatic heterocycles. The van der Waals surface area contributed by atoms with Crippen LogP contribution in [0.15, 0.2) is 41.2 Å². The summed E-state index contributed by atoms with van der Waals surface area (Å²) in [5, 5.41) is 12.5. The van der Waals surface area contributed by atoms with Crippen LogP contribution >= 0.6 is 0 Å². The van der Waals surface area contributed by atoms with E-state index >= 15 is 0 Å². The number of nitrogens with one attached hydrogen (secondary N) is 1. The molecule has 4 heterocycles. The van der Waals surface area contributed by atoms with E-state index in [1.165, 1.54) is 12.0 Å². The highest BCUT2D eigenvalue weighted by Crippen LogP contribution is 2.44. The van der Waals surface area contributed by atoms with Crippen molar-refractivity contribution in [2.45, 2.75) is 57.5 Å². The van der Waals surface area contributed by atoms with E-state index in [1.54, 1.807) is 9.13 Å². The number of hydrogen-bond acceptors (Lipinski definition) is 4. The number of fused-ring (bicyclic) bond motifs is 5. The molecule has 7 heteroatoms. The van der Waals surface area contributed by atoms with Crippen LogP contribution in [0.25, 0.3) is 10.9 Å². The molecule has 34 heavy (non-hydrogen) atoms. The number of aromatic amines is 1. The Labute approximate surface area is 196 Å². The van der Waals surface area contributed by atoms with E-state index in [4.69, 9.17) is 9.47 Å². The topological polar surface area (TPSA) is 81.4 Å². The molecule has 0 radical (unpaired) electrons. The normalized spacial score (nSPS) is 19.4. The highest BCUT2D eigenvalue weighted by Gasteiger charge is 2.37. The molecule has 0 bridgehead atoms. The first-order valence-corrected chi connectivity index (χ1v) is 12.2. The van der Waals surface area contributed by atoms with Gasteiger partial charge >= 0.3 is 5.69 Å². The van der Waals surface area contributed by atoms with Crippen molar-refractivity contribution in [2.24, 2.45) is 0 Å². The first-order valence-electron chi connectivity index (χ1n) is 12.2. The van der Waals surface area contributed by atoms with E-state index in [0.29, 0.717) is 23.6 Å². The summed E-state index contributed by atoms with van der Waals surface area (Å²) in [5.41, 5.74) is 5.83. The summed E-state index contributed by atoms with van der Waals surface area (Å²) < 4.78 is 14.6. The molecule has 7 rings (SSSR count). The minimum Gasteiger partial charge on any atom is -0.493 e. The van der Waals surface area contributed by atoms with Crippen LogP contribution in [-0.4, -0.2) is 26.0 Å². The fourth-order valence-electron chi connectivity index (χ4n) is 6.17. The molecule has 3 aliphatic rings. The van der Waals surface area contributed by atoms with E-state index in [2.05, 4.69) is 30.1 Å². The van der Waals surface area contributed by atoms with Gasteiger partial charge in [-0.15, -0.1) is 0 Å². The summed E-state index contributed by atoms with van der Waals surface area (Å²) in [4.78, 5) is 17.5. The second kappa shape index (κ2) is 7.19.